The van der Waals surface area contributed by atoms with Crippen molar-refractivity contribution in [2.75, 3.05) is 20.7 Å². The summed E-state index contributed by atoms with van der Waals surface area (Å²) >= 11 is 16.6. The average Bonchev–Trinajstić information content (AvgIpc) is 1.60. The van der Waals surface area contributed by atoms with E-state index in [0.717, 1.165) is 0 Å². The van der Waals surface area contributed by atoms with E-state index in [1.807, 2.05) is 0 Å². The largest absolute Gasteiger partial charge is 0.395 e. The van der Waals surface area contributed by atoms with Crippen molar-refractivity contribution in [1.29, 1.82) is 0 Å². The fourth-order valence-corrected chi connectivity index (χ4v) is 1.35. The van der Waals surface area contributed by atoms with Crippen molar-refractivity contribution < 1.29 is 5.11 Å². The molecule has 0 aliphatic carbocycles. The molecular formula is C5H10Cl3NO. The van der Waals surface area contributed by atoms with Gasteiger partial charge in [0.1, 0.15) is 0 Å². The Morgan fingerprint density at radius 2 is 1.80 bits per heavy atom. The highest BCUT2D eigenvalue weighted by Crippen LogP contribution is 2.32. The molecule has 2 nitrogen and oxygen atoms in total. The molecule has 1 atom stereocenters. The molecular weight excluding hydrogens is 196 g/mol. The summed E-state index contributed by atoms with van der Waals surface area (Å²) in [5.74, 6) is 0. The summed E-state index contributed by atoms with van der Waals surface area (Å²) in [4.78, 5) is 1.66. The molecule has 0 bridgehead atoms. The van der Waals surface area contributed by atoms with E-state index in [-0.39, 0.29) is 6.61 Å². The molecule has 0 fully saturated rings. The van der Waals surface area contributed by atoms with Crippen LogP contribution in [0, 0.1) is 0 Å². The number of rotatable bonds is 2. The third-order valence-corrected chi connectivity index (χ3v) is 1.93. The van der Waals surface area contributed by atoms with Crippen molar-refractivity contribution >= 4 is 34.8 Å². The van der Waals surface area contributed by atoms with Gasteiger partial charge in [0, 0.05) is 0 Å². The van der Waals surface area contributed by atoms with Gasteiger partial charge in [-0.1, -0.05) is 34.8 Å². The van der Waals surface area contributed by atoms with Crippen LogP contribution in [0.3, 0.4) is 0 Å². The summed E-state index contributed by atoms with van der Waals surface area (Å²) in [6, 6.07) is -0.447. The SMILES string of the molecule is CN(C)C(CO)C(Cl)(Cl)Cl. The van der Waals surface area contributed by atoms with Gasteiger partial charge in [0.05, 0.1) is 12.6 Å². The first-order chi connectivity index (χ1) is 4.39. The molecule has 0 aliphatic rings. The highest BCUT2D eigenvalue weighted by molar-refractivity contribution is 6.68. The van der Waals surface area contributed by atoms with Crippen molar-refractivity contribution in [2.45, 2.75) is 9.83 Å². The van der Waals surface area contributed by atoms with Gasteiger partial charge >= 0.3 is 0 Å². The monoisotopic (exact) mass is 205 g/mol. The second kappa shape index (κ2) is 3.98. The number of alkyl halides is 3. The molecule has 0 aliphatic heterocycles. The Kier molecular flexibility index (Phi) is 4.29. The molecule has 0 rings (SSSR count). The molecule has 5 heteroatoms. The lowest BCUT2D eigenvalue weighted by atomic mass is 10.3. The zero-order chi connectivity index (χ0) is 8.36. The van der Waals surface area contributed by atoms with Gasteiger partial charge in [-0.2, -0.15) is 0 Å². The standard InChI is InChI=1S/C5H10Cl3NO/c1-9(2)4(3-10)5(6,7)8/h4,10H,3H2,1-2H3. The first-order valence-corrected chi connectivity index (χ1v) is 3.87. The van der Waals surface area contributed by atoms with E-state index in [9.17, 15) is 0 Å². The summed E-state index contributed by atoms with van der Waals surface area (Å²) in [5, 5.41) is 8.74. The van der Waals surface area contributed by atoms with Gasteiger partial charge in [-0.15, -0.1) is 0 Å². The fourth-order valence-electron chi connectivity index (χ4n) is 0.560. The topological polar surface area (TPSA) is 23.5 Å². The quantitative estimate of drug-likeness (QED) is 0.688. The van der Waals surface area contributed by atoms with Gasteiger partial charge in [-0.05, 0) is 14.1 Å². The van der Waals surface area contributed by atoms with Crippen LogP contribution in [-0.2, 0) is 0 Å². The van der Waals surface area contributed by atoms with Gasteiger partial charge in [-0.25, -0.2) is 0 Å². The van der Waals surface area contributed by atoms with Crippen LogP contribution in [-0.4, -0.2) is 40.5 Å². The van der Waals surface area contributed by atoms with Gasteiger partial charge < -0.3 is 10.0 Å². The Morgan fingerprint density at radius 3 is 1.80 bits per heavy atom. The molecule has 0 heterocycles. The summed E-state index contributed by atoms with van der Waals surface area (Å²) in [7, 11) is 3.48. The van der Waals surface area contributed by atoms with E-state index in [4.69, 9.17) is 39.9 Å². The molecule has 0 amide bonds. The zero-order valence-electron chi connectivity index (χ0n) is 5.81. The molecule has 0 radical (unpaired) electrons. The molecule has 0 spiro atoms. The van der Waals surface area contributed by atoms with Gasteiger partial charge in [0.25, 0.3) is 0 Å². The maximum atomic E-state index is 8.74. The number of hydrogen-bond acceptors (Lipinski definition) is 2. The number of halogens is 3. The highest BCUT2D eigenvalue weighted by atomic mass is 35.6. The molecule has 62 valence electrons. The third kappa shape index (κ3) is 3.26. The van der Waals surface area contributed by atoms with Gasteiger partial charge in [0.15, 0.2) is 0 Å². The van der Waals surface area contributed by atoms with Crippen LogP contribution in [0.1, 0.15) is 0 Å². The van der Waals surface area contributed by atoms with Crippen LogP contribution in [0.5, 0.6) is 0 Å². The number of hydrogen-bond donors (Lipinski definition) is 1. The Hall–Kier alpha value is 0.790. The van der Waals surface area contributed by atoms with Crippen LogP contribution in [0.25, 0.3) is 0 Å². The van der Waals surface area contributed by atoms with E-state index >= 15 is 0 Å². The lowest BCUT2D eigenvalue weighted by Gasteiger charge is -2.28. The lowest BCUT2D eigenvalue weighted by Crippen LogP contribution is -2.42. The Labute approximate surface area is 75.7 Å². The molecule has 10 heavy (non-hydrogen) atoms. The fraction of sp³-hybridized carbons (Fsp3) is 1.00. The Bertz CT molecular complexity index is 102. The van der Waals surface area contributed by atoms with E-state index in [2.05, 4.69) is 0 Å². The minimum atomic E-state index is -1.42. The van der Waals surface area contributed by atoms with Gasteiger partial charge in [0.2, 0.25) is 3.79 Å². The molecule has 0 saturated heterocycles. The molecule has 0 aromatic carbocycles. The normalized spacial score (nSPS) is 15.9. The van der Waals surface area contributed by atoms with Crippen molar-refractivity contribution in [2.24, 2.45) is 0 Å². The van der Waals surface area contributed by atoms with E-state index < -0.39 is 9.83 Å². The lowest BCUT2D eigenvalue weighted by molar-refractivity contribution is 0.171. The van der Waals surface area contributed by atoms with Crippen LogP contribution in [0.15, 0.2) is 0 Å². The number of aliphatic hydroxyl groups is 1. The second-order valence-corrected chi connectivity index (χ2v) is 4.57. The molecule has 0 aromatic heterocycles. The third-order valence-electron chi connectivity index (χ3n) is 1.17. The van der Waals surface area contributed by atoms with Crippen molar-refractivity contribution in [3.8, 4) is 0 Å². The van der Waals surface area contributed by atoms with Crippen molar-refractivity contribution in [3.05, 3.63) is 0 Å². The molecule has 1 N–H and O–H groups in total. The van der Waals surface area contributed by atoms with Crippen LogP contribution in [0.4, 0.5) is 0 Å². The molecule has 1 unspecified atom stereocenters. The zero-order valence-corrected chi connectivity index (χ0v) is 8.08. The van der Waals surface area contributed by atoms with Gasteiger partial charge in [-0.3, -0.25) is 0 Å². The van der Waals surface area contributed by atoms with E-state index in [0.29, 0.717) is 0 Å². The predicted molar refractivity (Wildman–Crippen MR) is 44.9 cm³/mol. The summed E-state index contributed by atoms with van der Waals surface area (Å²) in [5.41, 5.74) is 0. The highest BCUT2D eigenvalue weighted by Gasteiger charge is 2.33. The molecule has 0 aromatic rings. The van der Waals surface area contributed by atoms with Crippen LogP contribution in [0.2, 0.25) is 0 Å². The number of aliphatic hydroxyl groups excluding tert-OH is 1. The Morgan fingerprint density at radius 1 is 1.40 bits per heavy atom. The van der Waals surface area contributed by atoms with Crippen molar-refractivity contribution in [3.63, 3.8) is 0 Å². The average molecular weight is 206 g/mol. The van der Waals surface area contributed by atoms with E-state index in [1.165, 1.54) is 0 Å². The Balaban J connectivity index is 4.07. The minimum Gasteiger partial charge on any atom is -0.395 e. The summed E-state index contributed by atoms with van der Waals surface area (Å²) in [6.07, 6.45) is 0. The predicted octanol–water partition coefficient (Wildman–Crippen LogP) is 1.28. The summed E-state index contributed by atoms with van der Waals surface area (Å²) < 4.78 is -1.42. The van der Waals surface area contributed by atoms with Crippen LogP contribution < -0.4 is 0 Å². The number of nitrogens with zero attached hydrogens (tertiary/aromatic N) is 1. The first-order valence-electron chi connectivity index (χ1n) is 2.73. The van der Waals surface area contributed by atoms with Crippen molar-refractivity contribution in [1.82, 2.24) is 4.90 Å². The molecule has 0 saturated carbocycles. The second-order valence-electron chi connectivity index (χ2n) is 2.20. The summed E-state index contributed by atoms with van der Waals surface area (Å²) in [6.45, 7) is -0.163. The maximum Gasteiger partial charge on any atom is 0.208 e. The van der Waals surface area contributed by atoms with Crippen LogP contribution >= 0.6 is 34.8 Å². The van der Waals surface area contributed by atoms with E-state index in [1.54, 1.807) is 19.0 Å². The maximum absolute atomic E-state index is 8.74. The minimum absolute atomic E-state index is 0.163. The smallest absolute Gasteiger partial charge is 0.208 e. The number of likely N-dealkylation sites (N-methyl/N-ethyl adjacent to an activating group) is 1. The first kappa shape index (κ1) is 10.8.